The largest absolute Gasteiger partial charge is 0.263 e. The summed E-state index contributed by atoms with van der Waals surface area (Å²) in [5, 5.41) is 0. The van der Waals surface area contributed by atoms with Crippen LogP contribution in [-0.2, 0) is 10.0 Å². The second-order valence-corrected chi connectivity index (χ2v) is 6.30. The van der Waals surface area contributed by atoms with Crippen LogP contribution in [0, 0.1) is 0 Å². The van der Waals surface area contributed by atoms with Gasteiger partial charge in [0.15, 0.2) is 0 Å². The number of aromatic nitrogens is 1. The molecular weight excluding hydrogens is 236 g/mol. The summed E-state index contributed by atoms with van der Waals surface area (Å²) < 4.78 is 26.3. The Balaban J connectivity index is 2.19. The minimum Gasteiger partial charge on any atom is -0.263 e. The van der Waals surface area contributed by atoms with Crippen LogP contribution in [0.15, 0.2) is 29.4 Å². The molecule has 1 aliphatic heterocycles. The molecule has 1 fully saturated rings. The third-order valence-corrected chi connectivity index (χ3v) is 4.97. The van der Waals surface area contributed by atoms with Gasteiger partial charge in [-0.1, -0.05) is 19.3 Å². The molecule has 5 heteroatoms. The summed E-state index contributed by atoms with van der Waals surface area (Å²) in [6.07, 6.45) is 8.40. The third kappa shape index (κ3) is 3.04. The normalized spacial score (nSPS) is 19.5. The molecule has 1 aromatic rings. The van der Waals surface area contributed by atoms with Gasteiger partial charge in [-0.3, -0.25) is 4.98 Å². The molecule has 94 valence electrons. The molecule has 0 spiro atoms. The zero-order valence-electron chi connectivity index (χ0n) is 9.88. The van der Waals surface area contributed by atoms with Crippen molar-refractivity contribution in [3.63, 3.8) is 0 Å². The minimum atomic E-state index is -3.33. The predicted octanol–water partition coefficient (Wildman–Crippen LogP) is 2.04. The van der Waals surface area contributed by atoms with Crippen LogP contribution in [-0.4, -0.2) is 30.8 Å². The predicted molar refractivity (Wildman–Crippen MR) is 66.1 cm³/mol. The van der Waals surface area contributed by atoms with Crippen LogP contribution in [0.3, 0.4) is 0 Å². The van der Waals surface area contributed by atoms with Crippen molar-refractivity contribution in [3.05, 3.63) is 24.5 Å². The van der Waals surface area contributed by atoms with E-state index in [1.54, 1.807) is 22.6 Å². The molecule has 0 unspecified atom stereocenters. The number of hydrogen-bond donors (Lipinski definition) is 0. The first-order valence-electron chi connectivity index (χ1n) is 6.11. The van der Waals surface area contributed by atoms with Gasteiger partial charge < -0.3 is 0 Å². The Morgan fingerprint density at radius 1 is 1.06 bits per heavy atom. The average Bonchev–Trinajstić information content (AvgIpc) is 2.29. The summed E-state index contributed by atoms with van der Waals surface area (Å²) >= 11 is 0. The smallest absolute Gasteiger partial charge is 0.244 e. The molecular formula is C12H18N2O2S. The Labute approximate surface area is 103 Å². The molecule has 0 saturated carbocycles. The third-order valence-electron chi connectivity index (χ3n) is 3.09. The monoisotopic (exact) mass is 254 g/mol. The average molecular weight is 254 g/mol. The molecule has 0 aromatic carbocycles. The number of hydrogen-bond acceptors (Lipinski definition) is 3. The lowest BCUT2D eigenvalue weighted by Gasteiger charge is -2.23. The van der Waals surface area contributed by atoms with E-state index >= 15 is 0 Å². The van der Waals surface area contributed by atoms with E-state index < -0.39 is 10.0 Å². The molecule has 1 aromatic heterocycles. The van der Waals surface area contributed by atoms with Crippen LogP contribution in [0.2, 0.25) is 0 Å². The molecule has 0 amide bonds. The van der Waals surface area contributed by atoms with Gasteiger partial charge in [-0.25, -0.2) is 8.42 Å². The fourth-order valence-electron chi connectivity index (χ4n) is 2.11. The Hall–Kier alpha value is -0.940. The molecule has 0 aliphatic carbocycles. The zero-order chi connectivity index (χ0) is 12.1. The summed E-state index contributed by atoms with van der Waals surface area (Å²) in [5.41, 5.74) is 0. The summed E-state index contributed by atoms with van der Waals surface area (Å²) in [6, 6.07) is 3.28. The molecule has 4 nitrogen and oxygen atoms in total. The van der Waals surface area contributed by atoms with Crippen molar-refractivity contribution in [1.29, 1.82) is 0 Å². The van der Waals surface area contributed by atoms with Crippen molar-refractivity contribution in [2.75, 3.05) is 13.1 Å². The standard InChI is InChI=1S/C12H18N2O2S/c15-17(16,12-7-6-8-13-11-12)14-9-4-2-1-3-5-10-14/h6-8,11H,1-5,9-10H2. The van der Waals surface area contributed by atoms with Crippen LogP contribution in [0.25, 0.3) is 0 Å². The van der Waals surface area contributed by atoms with E-state index in [-0.39, 0.29) is 0 Å². The van der Waals surface area contributed by atoms with E-state index in [0.717, 1.165) is 25.7 Å². The molecule has 0 bridgehead atoms. The van der Waals surface area contributed by atoms with E-state index in [9.17, 15) is 8.42 Å². The SMILES string of the molecule is O=S(=O)(c1cccnc1)N1CCCCCCC1. The van der Waals surface area contributed by atoms with Crippen LogP contribution < -0.4 is 0 Å². The Morgan fingerprint density at radius 3 is 2.29 bits per heavy atom. The summed E-state index contributed by atoms with van der Waals surface area (Å²) in [4.78, 5) is 4.19. The topological polar surface area (TPSA) is 50.3 Å². The van der Waals surface area contributed by atoms with Gasteiger partial charge in [-0.05, 0) is 25.0 Å². The second-order valence-electron chi connectivity index (χ2n) is 4.36. The highest BCUT2D eigenvalue weighted by atomic mass is 32.2. The molecule has 0 atom stereocenters. The summed E-state index contributed by atoms with van der Waals surface area (Å²) in [6.45, 7) is 1.27. The van der Waals surface area contributed by atoms with Gasteiger partial charge in [-0.2, -0.15) is 4.31 Å². The molecule has 17 heavy (non-hydrogen) atoms. The first kappa shape index (κ1) is 12.5. The summed E-state index contributed by atoms with van der Waals surface area (Å²) in [7, 11) is -3.33. The van der Waals surface area contributed by atoms with Gasteiger partial charge in [0.2, 0.25) is 10.0 Å². The van der Waals surface area contributed by atoms with Gasteiger partial charge in [0, 0.05) is 25.5 Å². The molecule has 1 saturated heterocycles. The van der Waals surface area contributed by atoms with Crippen molar-refractivity contribution >= 4 is 10.0 Å². The highest BCUT2D eigenvalue weighted by Crippen LogP contribution is 2.18. The number of rotatable bonds is 2. The minimum absolute atomic E-state index is 0.306. The van der Waals surface area contributed by atoms with Crippen LogP contribution >= 0.6 is 0 Å². The zero-order valence-corrected chi connectivity index (χ0v) is 10.7. The Bertz CT molecular complexity index is 437. The fraction of sp³-hybridized carbons (Fsp3) is 0.583. The molecule has 2 rings (SSSR count). The van der Waals surface area contributed by atoms with Crippen LogP contribution in [0.5, 0.6) is 0 Å². The number of sulfonamides is 1. The second kappa shape index (κ2) is 5.60. The Kier molecular flexibility index (Phi) is 4.12. The van der Waals surface area contributed by atoms with E-state index in [1.807, 2.05) is 0 Å². The lowest BCUT2D eigenvalue weighted by atomic mass is 10.1. The maximum Gasteiger partial charge on any atom is 0.244 e. The molecule has 1 aliphatic rings. The fourth-order valence-corrected chi connectivity index (χ4v) is 3.59. The lowest BCUT2D eigenvalue weighted by molar-refractivity contribution is 0.364. The lowest BCUT2D eigenvalue weighted by Crippen LogP contribution is -2.33. The van der Waals surface area contributed by atoms with Crippen molar-refractivity contribution in [1.82, 2.24) is 9.29 Å². The first-order chi connectivity index (χ1) is 8.21. The number of pyridine rings is 1. The van der Waals surface area contributed by atoms with Crippen LogP contribution in [0.4, 0.5) is 0 Å². The molecule has 0 N–H and O–H groups in total. The van der Waals surface area contributed by atoms with Crippen LogP contribution in [0.1, 0.15) is 32.1 Å². The summed E-state index contributed by atoms with van der Waals surface area (Å²) in [5.74, 6) is 0. The van der Waals surface area contributed by atoms with Gasteiger partial charge in [-0.15, -0.1) is 0 Å². The van der Waals surface area contributed by atoms with E-state index in [0.29, 0.717) is 18.0 Å². The maximum absolute atomic E-state index is 12.3. The molecule has 0 radical (unpaired) electrons. The quantitative estimate of drug-likeness (QED) is 0.811. The van der Waals surface area contributed by atoms with E-state index in [1.165, 1.54) is 12.6 Å². The highest BCUT2D eigenvalue weighted by molar-refractivity contribution is 7.89. The van der Waals surface area contributed by atoms with Crippen molar-refractivity contribution in [2.24, 2.45) is 0 Å². The van der Waals surface area contributed by atoms with Crippen molar-refractivity contribution in [2.45, 2.75) is 37.0 Å². The first-order valence-corrected chi connectivity index (χ1v) is 7.55. The van der Waals surface area contributed by atoms with E-state index in [2.05, 4.69) is 4.98 Å². The van der Waals surface area contributed by atoms with Crippen molar-refractivity contribution in [3.8, 4) is 0 Å². The highest BCUT2D eigenvalue weighted by Gasteiger charge is 2.24. The van der Waals surface area contributed by atoms with Gasteiger partial charge in [0.1, 0.15) is 4.90 Å². The van der Waals surface area contributed by atoms with Gasteiger partial charge in [0.05, 0.1) is 0 Å². The van der Waals surface area contributed by atoms with Crippen molar-refractivity contribution < 1.29 is 8.42 Å². The maximum atomic E-state index is 12.3. The number of nitrogens with zero attached hydrogens (tertiary/aromatic N) is 2. The van der Waals surface area contributed by atoms with Gasteiger partial charge in [0.25, 0.3) is 0 Å². The van der Waals surface area contributed by atoms with E-state index in [4.69, 9.17) is 0 Å². The van der Waals surface area contributed by atoms with Gasteiger partial charge >= 0.3 is 0 Å². The Morgan fingerprint density at radius 2 is 1.71 bits per heavy atom. The molecule has 2 heterocycles.